The standard InChI is InChI=1S/C24H42N2O8Si2/c1-22(2,3)35(8,9)31-14-15-24(18(33-24)20(28)30-7)17(34-36(10,11)23(4,5)6)19(32-15)26-13-12-16(27)25-21(26)29/h12-13,15,17-19H,14H2,1-11H3,(H,25,27,29)/t15?,17?,18-,19?,24-/m0/s1. The van der Waals surface area contributed by atoms with Crippen LogP contribution in [0.1, 0.15) is 47.8 Å². The van der Waals surface area contributed by atoms with Crippen LogP contribution in [0.4, 0.5) is 0 Å². The van der Waals surface area contributed by atoms with Crippen LogP contribution in [-0.2, 0) is 27.9 Å². The Morgan fingerprint density at radius 2 is 1.67 bits per heavy atom. The SMILES string of the molecule is COC(=O)[C@@H]1O[C@]12C(CO[Si](C)(C)C(C)(C)C)OC(n1ccc(=O)[nH]c1=O)C2O[Si](C)(C)C(C)(C)C. The number of esters is 1. The molecule has 3 heterocycles. The van der Waals surface area contributed by atoms with E-state index in [1.807, 2.05) is 0 Å². The maximum absolute atomic E-state index is 12.8. The van der Waals surface area contributed by atoms with Crippen molar-refractivity contribution in [2.45, 2.75) is 108 Å². The lowest BCUT2D eigenvalue weighted by molar-refractivity contribution is -0.142. The van der Waals surface area contributed by atoms with Gasteiger partial charge in [-0.25, -0.2) is 9.59 Å². The van der Waals surface area contributed by atoms with Crippen LogP contribution in [-0.4, -0.2) is 69.8 Å². The predicted molar refractivity (Wildman–Crippen MR) is 140 cm³/mol. The van der Waals surface area contributed by atoms with E-state index < -0.39 is 64.0 Å². The first-order chi connectivity index (χ1) is 16.3. The number of epoxide rings is 1. The van der Waals surface area contributed by atoms with E-state index in [2.05, 4.69) is 72.7 Å². The van der Waals surface area contributed by atoms with Gasteiger partial charge in [0.15, 0.2) is 34.6 Å². The monoisotopic (exact) mass is 542 g/mol. The molecule has 2 aliphatic heterocycles. The average Bonchev–Trinajstić information content (AvgIpc) is 3.40. The molecule has 1 aromatic rings. The summed E-state index contributed by atoms with van der Waals surface area (Å²) in [6.45, 7) is 21.3. The van der Waals surface area contributed by atoms with Gasteiger partial charge < -0.3 is 23.1 Å². The van der Waals surface area contributed by atoms with Crippen LogP contribution in [0.5, 0.6) is 0 Å². The normalized spacial score (nSPS) is 29.0. The lowest BCUT2D eigenvalue weighted by atomic mass is 9.94. The number of hydrogen-bond acceptors (Lipinski definition) is 8. The molecular formula is C24H42N2O8Si2. The quantitative estimate of drug-likeness (QED) is 0.317. The molecule has 1 aromatic heterocycles. The Morgan fingerprint density at radius 1 is 1.08 bits per heavy atom. The molecule has 3 rings (SSSR count). The fraction of sp³-hybridized carbons (Fsp3) is 0.792. The Hall–Kier alpha value is -1.58. The van der Waals surface area contributed by atoms with Crippen molar-refractivity contribution in [3.05, 3.63) is 33.1 Å². The molecule has 1 N–H and O–H groups in total. The molecule has 10 nitrogen and oxygen atoms in total. The maximum atomic E-state index is 12.8. The number of rotatable bonds is 7. The minimum atomic E-state index is -2.45. The highest BCUT2D eigenvalue weighted by Crippen LogP contribution is 2.56. The van der Waals surface area contributed by atoms with Crippen molar-refractivity contribution in [1.82, 2.24) is 9.55 Å². The highest BCUT2D eigenvalue weighted by molar-refractivity contribution is 6.74. The zero-order valence-electron chi connectivity index (χ0n) is 23.4. The van der Waals surface area contributed by atoms with Gasteiger partial charge in [-0.3, -0.25) is 14.3 Å². The summed E-state index contributed by atoms with van der Waals surface area (Å²) < 4.78 is 32.2. The first-order valence-electron chi connectivity index (χ1n) is 12.3. The molecule has 5 atom stereocenters. The second kappa shape index (κ2) is 9.31. The average molecular weight is 543 g/mol. The molecular weight excluding hydrogens is 500 g/mol. The van der Waals surface area contributed by atoms with E-state index in [0.717, 1.165) is 0 Å². The summed E-state index contributed by atoms with van der Waals surface area (Å²) in [7, 11) is -3.32. The summed E-state index contributed by atoms with van der Waals surface area (Å²) in [5.74, 6) is -0.533. The molecule has 12 heteroatoms. The molecule has 0 radical (unpaired) electrons. The molecule has 0 aliphatic carbocycles. The highest BCUT2D eigenvalue weighted by atomic mass is 28.4. The Kier molecular flexibility index (Phi) is 7.50. The van der Waals surface area contributed by atoms with E-state index in [4.69, 9.17) is 23.1 Å². The Labute approximate surface area is 214 Å². The van der Waals surface area contributed by atoms with Gasteiger partial charge in [0.05, 0.1) is 13.7 Å². The molecule has 36 heavy (non-hydrogen) atoms. The van der Waals surface area contributed by atoms with Crippen molar-refractivity contribution in [2.24, 2.45) is 0 Å². The third-order valence-corrected chi connectivity index (χ3v) is 17.3. The van der Waals surface area contributed by atoms with Crippen molar-refractivity contribution < 1.29 is 27.9 Å². The summed E-state index contributed by atoms with van der Waals surface area (Å²) in [5, 5.41) is -0.211. The van der Waals surface area contributed by atoms with Crippen LogP contribution >= 0.6 is 0 Å². The van der Waals surface area contributed by atoms with Gasteiger partial charge in [0, 0.05) is 12.3 Å². The summed E-state index contributed by atoms with van der Waals surface area (Å²) in [6, 6.07) is 1.26. The van der Waals surface area contributed by atoms with Gasteiger partial charge in [-0.2, -0.15) is 0 Å². The van der Waals surface area contributed by atoms with Gasteiger partial charge in [-0.15, -0.1) is 0 Å². The summed E-state index contributed by atoms with van der Waals surface area (Å²) in [6.07, 6.45) is -1.98. The number of nitrogens with zero attached hydrogens (tertiary/aromatic N) is 1. The number of carbonyl (C=O) groups excluding carboxylic acids is 1. The van der Waals surface area contributed by atoms with Gasteiger partial charge in [0.1, 0.15) is 12.2 Å². The first kappa shape index (κ1) is 29.0. The lowest BCUT2D eigenvalue weighted by Gasteiger charge is -2.40. The molecule has 1 spiro atoms. The molecule has 204 valence electrons. The number of aromatic nitrogens is 2. The minimum Gasteiger partial charge on any atom is -0.467 e. The molecule has 0 bridgehead atoms. The molecule has 2 saturated heterocycles. The number of H-pyrrole nitrogens is 1. The second-order valence-electron chi connectivity index (χ2n) is 12.8. The van der Waals surface area contributed by atoms with E-state index in [0.29, 0.717) is 0 Å². The Balaban J connectivity index is 2.10. The largest absolute Gasteiger partial charge is 0.467 e. The maximum Gasteiger partial charge on any atom is 0.338 e. The smallest absolute Gasteiger partial charge is 0.338 e. The molecule has 3 unspecified atom stereocenters. The van der Waals surface area contributed by atoms with Crippen molar-refractivity contribution >= 4 is 22.6 Å². The van der Waals surface area contributed by atoms with Crippen molar-refractivity contribution in [3.8, 4) is 0 Å². The molecule has 0 amide bonds. The van der Waals surface area contributed by atoms with E-state index >= 15 is 0 Å². The highest BCUT2D eigenvalue weighted by Gasteiger charge is 2.77. The Bertz CT molecular complexity index is 1100. The first-order valence-corrected chi connectivity index (χ1v) is 18.1. The third kappa shape index (κ3) is 5.08. The van der Waals surface area contributed by atoms with Crippen molar-refractivity contribution in [3.63, 3.8) is 0 Å². The number of carbonyl (C=O) groups is 1. The van der Waals surface area contributed by atoms with Crippen molar-refractivity contribution in [2.75, 3.05) is 13.7 Å². The van der Waals surface area contributed by atoms with E-state index in [1.165, 1.54) is 23.9 Å². The predicted octanol–water partition coefficient (Wildman–Crippen LogP) is 3.16. The van der Waals surface area contributed by atoms with Gasteiger partial charge in [-0.05, 0) is 36.3 Å². The lowest BCUT2D eigenvalue weighted by Crippen LogP contribution is -2.53. The summed E-state index contributed by atoms with van der Waals surface area (Å²) in [4.78, 5) is 39.6. The summed E-state index contributed by atoms with van der Waals surface area (Å²) >= 11 is 0. The number of ether oxygens (including phenoxy) is 3. The van der Waals surface area contributed by atoms with Gasteiger partial charge >= 0.3 is 11.7 Å². The molecule has 0 aromatic carbocycles. The van der Waals surface area contributed by atoms with Crippen LogP contribution in [0.15, 0.2) is 21.9 Å². The van der Waals surface area contributed by atoms with Crippen LogP contribution in [0.3, 0.4) is 0 Å². The number of methoxy groups -OCH3 is 1. The Morgan fingerprint density at radius 3 is 2.17 bits per heavy atom. The van der Waals surface area contributed by atoms with Gasteiger partial charge in [0.25, 0.3) is 5.56 Å². The zero-order chi connectivity index (χ0) is 27.5. The fourth-order valence-electron chi connectivity index (χ4n) is 3.88. The molecule has 2 fully saturated rings. The number of aromatic amines is 1. The van der Waals surface area contributed by atoms with E-state index in [-0.39, 0.29) is 16.7 Å². The van der Waals surface area contributed by atoms with Crippen LogP contribution < -0.4 is 11.2 Å². The zero-order valence-corrected chi connectivity index (χ0v) is 25.4. The van der Waals surface area contributed by atoms with Crippen LogP contribution in [0, 0.1) is 0 Å². The molecule has 2 aliphatic rings. The topological polar surface area (TPSA) is 121 Å². The number of hydrogen-bond donors (Lipinski definition) is 1. The summed E-state index contributed by atoms with van der Waals surface area (Å²) in [5.41, 5.74) is -2.34. The minimum absolute atomic E-state index is 0.0444. The van der Waals surface area contributed by atoms with Gasteiger partial charge in [0.2, 0.25) is 0 Å². The van der Waals surface area contributed by atoms with Crippen LogP contribution in [0.2, 0.25) is 36.3 Å². The van der Waals surface area contributed by atoms with Crippen LogP contribution in [0.25, 0.3) is 0 Å². The molecule has 0 saturated carbocycles. The number of nitrogens with one attached hydrogen (secondary N) is 1. The van der Waals surface area contributed by atoms with Gasteiger partial charge in [-0.1, -0.05) is 41.5 Å². The van der Waals surface area contributed by atoms with Crippen molar-refractivity contribution in [1.29, 1.82) is 0 Å². The fourth-order valence-corrected chi connectivity index (χ4v) is 6.17. The van der Waals surface area contributed by atoms with E-state index in [1.54, 1.807) is 0 Å². The third-order valence-electron chi connectivity index (χ3n) is 8.36. The second-order valence-corrected chi connectivity index (χ2v) is 22.3. The van der Waals surface area contributed by atoms with E-state index in [9.17, 15) is 14.4 Å².